The molecule has 2 amide bonds. The summed E-state index contributed by atoms with van der Waals surface area (Å²) in [6.45, 7) is 2.57. The Morgan fingerprint density at radius 2 is 1.67 bits per heavy atom. The van der Waals surface area contributed by atoms with Crippen molar-refractivity contribution in [3.05, 3.63) is 0 Å². The largest absolute Gasteiger partial charge is 0.391 e. The van der Waals surface area contributed by atoms with Gasteiger partial charge in [-0.15, -0.1) is 0 Å². The van der Waals surface area contributed by atoms with E-state index in [0.29, 0.717) is 0 Å². The van der Waals surface area contributed by atoms with Crippen LogP contribution >= 0.6 is 0 Å². The van der Waals surface area contributed by atoms with Crippen molar-refractivity contribution < 1.29 is 24.6 Å². The van der Waals surface area contributed by atoms with E-state index in [1.54, 1.807) is 0 Å². The Kier molecular flexibility index (Phi) is 8.30. The van der Waals surface area contributed by atoms with Crippen molar-refractivity contribution in [3.8, 4) is 0 Å². The third-order valence-corrected chi connectivity index (χ3v) is 4.47. The van der Waals surface area contributed by atoms with E-state index in [1.807, 2.05) is 0 Å². The van der Waals surface area contributed by atoms with Gasteiger partial charge in [-0.2, -0.15) is 0 Å². The van der Waals surface area contributed by atoms with E-state index in [-0.39, 0.29) is 18.2 Å². The van der Waals surface area contributed by atoms with E-state index in [2.05, 4.69) is 10.6 Å². The zero-order valence-corrected chi connectivity index (χ0v) is 14.3. The number of aliphatic hydroxyl groups excluding tert-OH is 2. The van der Waals surface area contributed by atoms with Gasteiger partial charge < -0.3 is 26.6 Å². The van der Waals surface area contributed by atoms with E-state index < -0.39 is 36.1 Å². The Morgan fingerprint density at radius 3 is 2.12 bits per heavy atom. The van der Waals surface area contributed by atoms with Gasteiger partial charge in [0.05, 0.1) is 12.1 Å². The first-order valence-corrected chi connectivity index (χ1v) is 8.45. The highest BCUT2D eigenvalue weighted by molar-refractivity contribution is 5.93. The molecule has 2 unspecified atom stereocenters. The molecule has 0 radical (unpaired) electrons. The minimum absolute atomic E-state index is 0.0771. The normalized spacial score (nSPS) is 20.5. The van der Waals surface area contributed by atoms with Crippen molar-refractivity contribution in [1.29, 1.82) is 0 Å². The molecule has 0 aromatic carbocycles. The predicted molar refractivity (Wildman–Crippen MR) is 87.9 cm³/mol. The maximum atomic E-state index is 12.2. The molecule has 1 saturated carbocycles. The lowest BCUT2D eigenvalue weighted by atomic mass is 9.85. The smallest absolute Gasteiger partial charge is 0.249 e. The molecule has 1 aliphatic rings. The molecular weight excluding hydrogens is 314 g/mol. The SMILES string of the molecule is CC(=O)[C@H](CN)NC(=O)[C@@H](NC(=O)C(O)C1CCCCC1)C(C)O. The van der Waals surface area contributed by atoms with Gasteiger partial charge >= 0.3 is 0 Å². The van der Waals surface area contributed by atoms with Crippen molar-refractivity contribution in [1.82, 2.24) is 10.6 Å². The lowest BCUT2D eigenvalue weighted by molar-refractivity contribution is -0.139. The van der Waals surface area contributed by atoms with Crippen LogP contribution in [0.2, 0.25) is 0 Å². The van der Waals surface area contributed by atoms with Crippen LogP contribution in [0.4, 0.5) is 0 Å². The van der Waals surface area contributed by atoms with Gasteiger partial charge in [0.2, 0.25) is 11.8 Å². The van der Waals surface area contributed by atoms with E-state index in [0.717, 1.165) is 32.1 Å². The fourth-order valence-electron chi connectivity index (χ4n) is 2.90. The average molecular weight is 343 g/mol. The molecule has 0 aromatic rings. The summed E-state index contributed by atoms with van der Waals surface area (Å²) in [7, 11) is 0. The van der Waals surface area contributed by atoms with E-state index in [1.165, 1.54) is 13.8 Å². The van der Waals surface area contributed by atoms with Crippen LogP contribution in [0.1, 0.15) is 46.0 Å². The Bertz CT molecular complexity index is 449. The van der Waals surface area contributed by atoms with Crippen molar-refractivity contribution in [2.24, 2.45) is 11.7 Å². The number of rotatable bonds is 8. The van der Waals surface area contributed by atoms with Crippen LogP contribution < -0.4 is 16.4 Å². The number of carbonyl (C=O) groups excluding carboxylic acids is 3. The van der Waals surface area contributed by atoms with E-state index in [9.17, 15) is 24.6 Å². The number of aliphatic hydroxyl groups is 2. The Balaban J connectivity index is 2.68. The highest BCUT2D eigenvalue weighted by Gasteiger charge is 2.33. The molecule has 138 valence electrons. The monoisotopic (exact) mass is 343 g/mol. The molecule has 6 N–H and O–H groups in total. The molecule has 1 rings (SSSR count). The first-order valence-electron chi connectivity index (χ1n) is 8.45. The fourth-order valence-corrected chi connectivity index (χ4v) is 2.90. The molecule has 24 heavy (non-hydrogen) atoms. The van der Waals surface area contributed by atoms with Crippen molar-refractivity contribution in [2.75, 3.05) is 6.54 Å². The summed E-state index contributed by atoms with van der Waals surface area (Å²) in [6.07, 6.45) is 2.16. The van der Waals surface area contributed by atoms with Crippen molar-refractivity contribution in [2.45, 2.75) is 70.2 Å². The summed E-state index contributed by atoms with van der Waals surface area (Å²) in [5.41, 5.74) is 5.42. The lowest BCUT2D eigenvalue weighted by Gasteiger charge is -2.28. The molecule has 8 nitrogen and oxygen atoms in total. The molecule has 0 heterocycles. The summed E-state index contributed by atoms with van der Waals surface area (Å²) in [5.74, 6) is -1.84. The van der Waals surface area contributed by atoms with Gasteiger partial charge in [0.25, 0.3) is 0 Å². The second-order valence-corrected chi connectivity index (χ2v) is 6.48. The van der Waals surface area contributed by atoms with E-state index in [4.69, 9.17) is 5.73 Å². The second kappa shape index (κ2) is 9.71. The molecule has 0 spiro atoms. The summed E-state index contributed by atoms with van der Waals surface area (Å²) >= 11 is 0. The van der Waals surface area contributed by atoms with Crippen LogP contribution in [0, 0.1) is 5.92 Å². The fraction of sp³-hybridized carbons (Fsp3) is 0.812. The molecule has 0 aliphatic heterocycles. The van der Waals surface area contributed by atoms with Gasteiger partial charge in [0.1, 0.15) is 12.1 Å². The van der Waals surface area contributed by atoms with Gasteiger partial charge in [0.15, 0.2) is 5.78 Å². The summed E-state index contributed by atoms with van der Waals surface area (Å²) in [6, 6.07) is -2.14. The summed E-state index contributed by atoms with van der Waals surface area (Å²) in [5, 5.41) is 24.7. The predicted octanol–water partition coefficient (Wildman–Crippen LogP) is -1.17. The number of Topliss-reactive ketones (excluding diaryl/α,β-unsaturated/α-hetero) is 1. The number of carbonyl (C=O) groups is 3. The van der Waals surface area contributed by atoms with Gasteiger partial charge in [-0.3, -0.25) is 14.4 Å². The van der Waals surface area contributed by atoms with Crippen LogP contribution in [-0.2, 0) is 14.4 Å². The Hall–Kier alpha value is -1.51. The van der Waals surface area contributed by atoms with Crippen LogP contribution in [0.3, 0.4) is 0 Å². The molecule has 1 fully saturated rings. The number of hydrogen-bond donors (Lipinski definition) is 5. The second-order valence-electron chi connectivity index (χ2n) is 6.48. The van der Waals surface area contributed by atoms with Gasteiger partial charge in [-0.05, 0) is 32.6 Å². The quantitative estimate of drug-likeness (QED) is 0.376. The molecule has 1 aliphatic carbocycles. The number of nitrogens with two attached hydrogens (primary N) is 1. The summed E-state index contributed by atoms with van der Waals surface area (Å²) < 4.78 is 0. The molecule has 8 heteroatoms. The number of hydrogen-bond acceptors (Lipinski definition) is 6. The lowest BCUT2D eigenvalue weighted by Crippen LogP contribution is -2.58. The number of nitrogens with one attached hydrogen (secondary N) is 2. The number of ketones is 1. The van der Waals surface area contributed by atoms with Gasteiger partial charge in [0, 0.05) is 6.54 Å². The molecule has 0 aromatic heterocycles. The Morgan fingerprint density at radius 1 is 1.08 bits per heavy atom. The standard InChI is InChI=1S/C16H29N3O5/c1-9(20)12(8-17)18-15(23)13(10(2)21)19-16(24)14(22)11-6-4-3-5-7-11/h10-14,21-22H,3-8,17H2,1-2H3,(H,18,23)(H,19,24)/t10?,12-,13-,14?/m0/s1. The highest BCUT2D eigenvalue weighted by atomic mass is 16.3. The zero-order valence-electron chi connectivity index (χ0n) is 14.3. The first kappa shape index (κ1) is 20.5. The van der Waals surface area contributed by atoms with Crippen LogP contribution in [0.5, 0.6) is 0 Å². The van der Waals surface area contributed by atoms with Crippen molar-refractivity contribution in [3.63, 3.8) is 0 Å². The third kappa shape index (κ3) is 5.85. The Labute approximate surface area is 142 Å². The molecular formula is C16H29N3O5. The third-order valence-electron chi connectivity index (χ3n) is 4.47. The molecule has 4 atom stereocenters. The van der Waals surface area contributed by atoms with Gasteiger partial charge in [-0.1, -0.05) is 19.3 Å². The maximum absolute atomic E-state index is 12.2. The van der Waals surface area contributed by atoms with Crippen LogP contribution in [0.15, 0.2) is 0 Å². The maximum Gasteiger partial charge on any atom is 0.249 e. The minimum atomic E-state index is -1.26. The topological polar surface area (TPSA) is 142 Å². The molecule has 0 saturated heterocycles. The number of amides is 2. The van der Waals surface area contributed by atoms with Crippen LogP contribution in [-0.4, -0.2) is 58.6 Å². The first-order chi connectivity index (χ1) is 11.3. The zero-order chi connectivity index (χ0) is 18.3. The van der Waals surface area contributed by atoms with E-state index >= 15 is 0 Å². The van der Waals surface area contributed by atoms with Crippen LogP contribution in [0.25, 0.3) is 0 Å². The molecule has 0 bridgehead atoms. The minimum Gasteiger partial charge on any atom is -0.391 e. The summed E-state index contributed by atoms with van der Waals surface area (Å²) in [4.78, 5) is 35.8. The highest BCUT2D eigenvalue weighted by Crippen LogP contribution is 2.26. The van der Waals surface area contributed by atoms with Crippen molar-refractivity contribution >= 4 is 17.6 Å². The van der Waals surface area contributed by atoms with Gasteiger partial charge in [-0.25, -0.2) is 0 Å². The average Bonchev–Trinajstić information content (AvgIpc) is 2.56.